The van der Waals surface area contributed by atoms with E-state index in [1.54, 1.807) is 0 Å². The van der Waals surface area contributed by atoms with Gasteiger partial charge in [-0.05, 0) is 36.2 Å². The van der Waals surface area contributed by atoms with Crippen LogP contribution < -0.4 is 0 Å². The topological polar surface area (TPSA) is 25.8 Å². The Bertz CT molecular complexity index is 354. The molecule has 0 spiro atoms. The number of hydrogen-bond acceptors (Lipinski definition) is 3. The van der Waals surface area contributed by atoms with Gasteiger partial charge in [-0.15, -0.1) is 5.10 Å². The Kier molecular flexibility index (Phi) is 3.17. The molecule has 1 heterocycles. The first-order valence-electron chi connectivity index (χ1n) is 4.05. The van der Waals surface area contributed by atoms with Crippen molar-refractivity contribution in [3.8, 4) is 0 Å². The number of rotatable bonds is 0. The molecular formula is C9H12N2S. The first-order chi connectivity index (χ1) is 5.86. The standard InChI is InChI=1S/C7H6N2S.C2H6/c1-5-2-3-7-6(4-5)8-9-10-7;1-2/h2-4H,1H3;1-2H3. The molecule has 1 aromatic carbocycles. The summed E-state index contributed by atoms with van der Waals surface area (Å²) >= 11 is 1.43. The van der Waals surface area contributed by atoms with Gasteiger partial charge in [-0.3, -0.25) is 0 Å². The van der Waals surface area contributed by atoms with Gasteiger partial charge in [0.05, 0.1) is 4.70 Å². The molecule has 0 atom stereocenters. The molecule has 2 nitrogen and oxygen atoms in total. The number of hydrogen-bond donors (Lipinski definition) is 0. The highest BCUT2D eigenvalue weighted by Gasteiger charge is 1.95. The molecule has 0 saturated carbocycles. The molecule has 0 bridgehead atoms. The van der Waals surface area contributed by atoms with Gasteiger partial charge in [-0.25, -0.2) is 0 Å². The molecule has 64 valence electrons. The number of fused-ring (bicyclic) bond motifs is 1. The van der Waals surface area contributed by atoms with Crippen molar-refractivity contribution in [2.45, 2.75) is 20.8 Å². The van der Waals surface area contributed by atoms with Crippen LogP contribution in [0.3, 0.4) is 0 Å². The monoisotopic (exact) mass is 180 g/mol. The summed E-state index contributed by atoms with van der Waals surface area (Å²) in [5.74, 6) is 0. The molecule has 0 unspecified atom stereocenters. The Hall–Kier alpha value is -0.960. The van der Waals surface area contributed by atoms with E-state index in [-0.39, 0.29) is 0 Å². The van der Waals surface area contributed by atoms with E-state index in [2.05, 4.69) is 28.6 Å². The van der Waals surface area contributed by atoms with Crippen molar-refractivity contribution >= 4 is 21.7 Å². The van der Waals surface area contributed by atoms with Crippen molar-refractivity contribution in [1.29, 1.82) is 0 Å². The summed E-state index contributed by atoms with van der Waals surface area (Å²) in [6.07, 6.45) is 0. The minimum Gasteiger partial charge on any atom is -0.138 e. The van der Waals surface area contributed by atoms with E-state index in [0.29, 0.717) is 0 Å². The molecule has 2 rings (SSSR count). The maximum Gasteiger partial charge on any atom is 0.106 e. The molecule has 2 aromatic rings. The van der Waals surface area contributed by atoms with Gasteiger partial charge in [0.2, 0.25) is 0 Å². The van der Waals surface area contributed by atoms with Gasteiger partial charge in [-0.2, -0.15) is 0 Å². The third-order valence-corrected chi connectivity index (χ3v) is 2.11. The van der Waals surface area contributed by atoms with E-state index >= 15 is 0 Å². The van der Waals surface area contributed by atoms with Gasteiger partial charge in [0.1, 0.15) is 5.52 Å². The first-order valence-corrected chi connectivity index (χ1v) is 4.82. The van der Waals surface area contributed by atoms with Crippen molar-refractivity contribution in [1.82, 2.24) is 9.59 Å². The fourth-order valence-corrected chi connectivity index (χ4v) is 1.43. The normalized spacial score (nSPS) is 9.25. The maximum atomic E-state index is 3.95. The lowest BCUT2D eigenvalue weighted by Crippen LogP contribution is -1.70. The Morgan fingerprint density at radius 1 is 1.25 bits per heavy atom. The zero-order valence-electron chi connectivity index (χ0n) is 7.53. The number of aromatic nitrogens is 2. The van der Waals surface area contributed by atoms with E-state index < -0.39 is 0 Å². The van der Waals surface area contributed by atoms with E-state index in [9.17, 15) is 0 Å². The Labute approximate surface area is 76.4 Å². The summed E-state index contributed by atoms with van der Waals surface area (Å²) in [6, 6.07) is 6.16. The fraction of sp³-hybridized carbons (Fsp3) is 0.333. The quantitative estimate of drug-likeness (QED) is 0.622. The smallest absolute Gasteiger partial charge is 0.106 e. The predicted molar refractivity (Wildman–Crippen MR) is 53.5 cm³/mol. The van der Waals surface area contributed by atoms with Gasteiger partial charge < -0.3 is 0 Å². The molecule has 0 radical (unpaired) electrons. The average molecular weight is 180 g/mol. The first kappa shape index (κ1) is 9.13. The van der Waals surface area contributed by atoms with Crippen LogP contribution in [0.2, 0.25) is 0 Å². The second-order valence-corrected chi connectivity index (χ2v) is 3.03. The largest absolute Gasteiger partial charge is 0.138 e. The van der Waals surface area contributed by atoms with E-state index in [1.165, 1.54) is 17.1 Å². The highest BCUT2D eigenvalue weighted by atomic mass is 32.1. The van der Waals surface area contributed by atoms with E-state index in [0.717, 1.165) is 10.2 Å². The minimum absolute atomic E-state index is 1.00. The highest BCUT2D eigenvalue weighted by Crippen LogP contribution is 2.15. The van der Waals surface area contributed by atoms with Gasteiger partial charge in [0.25, 0.3) is 0 Å². The zero-order chi connectivity index (χ0) is 8.97. The highest BCUT2D eigenvalue weighted by molar-refractivity contribution is 7.12. The van der Waals surface area contributed by atoms with Crippen molar-refractivity contribution < 1.29 is 0 Å². The number of aryl methyl sites for hydroxylation is 1. The summed E-state index contributed by atoms with van der Waals surface area (Å²) in [6.45, 7) is 6.05. The van der Waals surface area contributed by atoms with Crippen LogP contribution in [0, 0.1) is 6.92 Å². The molecule has 12 heavy (non-hydrogen) atoms. The molecule has 0 fully saturated rings. The average Bonchev–Trinajstić information content (AvgIpc) is 2.54. The Balaban J connectivity index is 0.000000336. The van der Waals surface area contributed by atoms with Gasteiger partial charge >= 0.3 is 0 Å². The van der Waals surface area contributed by atoms with Crippen LogP contribution in [0.15, 0.2) is 18.2 Å². The van der Waals surface area contributed by atoms with E-state index in [1.807, 2.05) is 19.9 Å². The van der Waals surface area contributed by atoms with Crippen LogP contribution in [0.4, 0.5) is 0 Å². The van der Waals surface area contributed by atoms with Crippen molar-refractivity contribution in [2.24, 2.45) is 0 Å². The molecule has 0 N–H and O–H groups in total. The lowest BCUT2D eigenvalue weighted by molar-refractivity contribution is 1.20. The Morgan fingerprint density at radius 3 is 2.75 bits per heavy atom. The summed E-state index contributed by atoms with van der Waals surface area (Å²) < 4.78 is 4.99. The number of benzene rings is 1. The van der Waals surface area contributed by atoms with Crippen molar-refractivity contribution in [3.05, 3.63) is 23.8 Å². The molecule has 0 aliphatic rings. The fourth-order valence-electron chi connectivity index (χ4n) is 0.891. The minimum atomic E-state index is 1.00. The summed E-state index contributed by atoms with van der Waals surface area (Å²) in [7, 11) is 0. The van der Waals surface area contributed by atoms with Gasteiger partial charge in [0.15, 0.2) is 0 Å². The van der Waals surface area contributed by atoms with Crippen molar-refractivity contribution in [2.75, 3.05) is 0 Å². The third-order valence-electron chi connectivity index (χ3n) is 1.40. The SMILES string of the molecule is CC.Cc1ccc2snnc2c1. The predicted octanol–water partition coefficient (Wildman–Crippen LogP) is 3.03. The van der Waals surface area contributed by atoms with Crippen LogP contribution in [0.1, 0.15) is 19.4 Å². The lowest BCUT2D eigenvalue weighted by Gasteiger charge is -1.87. The third kappa shape index (κ3) is 1.80. The van der Waals surface area contributed by atoms with Crippen LogP contribution in [0.5, 0.6) is 0 Å². The zero-order valence-corrected chi connectivity index (χ0v) is 8.35. The van der Waals surface area contributed by atoms with Gasteiger partial charge in [0, 0.05) is 0 Å². The summed E-state index contributed by atoms with van der Waals surface area (Å²) in [4.78, 5) is 0. The molecular weight excluding hydrogens is 168 g/mol. The Morgan fingerprint density at radius 2 is 2.00 bits per heavy atom. The lowest BCUT2D eigenvalue weighted by atomic mass is 10.2. The molecule has 0 aliphatic carbocycles. The van der Waals surface area contributed by atoms with Gasteiger partial charge in [-0.1, -0.05) is 24.4 Å². The second-order valence-electron chi connectivity index (χ2n) is 2.24. The molecule has 1 aromatic heterocycles. The molecule has 0 aliphatic heterocycles. The molecule has 0 saturated heterocycles. The number of nitrogens with zero attached hydrogens (tertiary/aromatic N) is 2. The van der Waals surface area contributed by atoms with Crippen LogP contribution in [-0.2, 0) is 0 Å². The molecule has 3 heteroatoms. The second kappa shape index (κ2) is 4.16. The van der Waals surface area contributed by atoms with E-state index in [4.69, 9.17) is 0 Å². The maximum absolute atomic E-state index is 3.95. The van der Waals surface area contributed by atoms with Crippen molar-refractivity contribution in [3.63, 3.8) is 0 Å². The summed E-state index contributed by atoms with van der Waals surface area (Å²) in [5, 5.41) is 3.95. The van der Waals surface area contributed by atoms with Crippen LogP contribution >= 0.6 is 11.5 Å². The van der Waals surface area contributed by atoms with Crippen LogP contribution in [0.25, 0.3) is 10.2 Å². The summed E-state index contributed by atoms with van der Waals surface area (Å²) in [5.41, 5.74) is 2.24. The molecule has 0 amide bonds. The van der Waals surface area contributed by atoms with Crippen LogP contribution in [-0.4, -0.2) is 9.59 Å².